The van der Waals surface area contributed by atoms with E-state index < -0.39 is 0 Å². The molecule has 102 valence electrons. The van der Waals surface area contributed by atoms with Crippen molar-refractivity contribution in [2.24, 2.45) is 0 Å². The van der Waals surface area contributed by atoms with Crippen LogP contribution in [0.15, 0.2) is 58.3 Å². The third kappa shape index (κ3) is 1.90. The van der Waals surface area contributed by atoms with Crippen LogP contribution in [0, 0.1) is 0 Å². The highest BCUT2D eigenvalue weighted by Crippen LogP contribution is 2.45. The second-order valence-electron chi connectivity index (χ2n) is 5.12. The van der Waals surface area contributed by atoms with Gasteiger partial charge >= 0.3 is 0 Å². The number of amides is 1. The average molecular weight is 283 g/mol. The largest absolute Gasteiger partial charge is 0.305 e. The molecular formula is C17H17NOS. The van der Waals surface area contributed by atoms with Crippen molar-refractivity contribution in [2.75, 3.05) is 4.90 Å². The summed E-state index contributed by atoms with van der Waals surface area (Å²) in [6, 6.07) is 16.0. The number of rotatable bonds is 1. The number of hydrogen-bond acceptors (Lipinski definition) is 1. The molecule has 0 aliphatic carbocycles. The molecular weight excluding hydrogens is 266 g/mol. The van der Waals surface area contributed by atoms with Crippen molar-refractivity contribution in [3.05, 3.63) is 54.1 Å². The van der Waals surface area contributed by atoms with Gasteiger partial charge in [-0.1, -0.05) is 30.1 Å². The van der Waals surface area contributed by atoms with Crippen molar-refractivity contribution < 1.29 is 4.79 Å². The Labute approximate surface area is 122 Å². The van der Waals surface area contributed by atoms with Crippen LogP contribution in [0.4, 0.5) is 5.69 Å². The van der Waals surface area contributed by atoms with Crippen LogP contribution >= 0.6 is 10.5 Å². The van der Waals surface area contributed by atoms with Gasteiger partial charge in [0.05, 0.1) is 11.3 Å². The highest BCUT2D eigenvalue weighted by molar-refractivity contribution is 8.14. The topological polar surface area (TPSA) is 20.3 Å². The number of nitrogens with zero attached hydrogens (tertiary/aromatic N) is 1. The van der Waals surface area contributed by atoms with Crippen molar-refractivity contribution in [3.8, 4) is 0 Å². The molecule has 1 aliphatic heterocycles. The second-order valence-corrected chi connectivity index (χ2v) is 6.78. The smallest absolute Gasteiger partial charge is 0.259 e. The lowest BCUT2D eigenvalue weighted by Crippen LogP contribution is -2.36. The monoisotopic (exact) mass is 283 g/mol. The SMILES string of the molecule is C=S1c2ccccc2C(=O)N(C(C)C)c2ccccc21. The number of carbonyl (C=O) groups is 1. The van der Waals surface area contributed by atoms with E-state index in [1.807, 2.05) is 61.2 Å². The Balaban J connectivity index is 2.34. The van der Waals surface area contributed by atoms with Crippen molar-refractivity contribution in [2.45, 2.75) is 29.7 Å². The van der Waals surface area contributed by atoms with Gasteiger partial charge in [0.1, 0.15) is 0 Å². The number of para-hydroxylation sites is 1. The Bertz CT molecular complexity index is 706. The van der Waals surface area contributed by atoms with Gasteiger partial charge in [-0.05, 0) is 38.1 Å². The van der Waals surface area contributed by atoms with Gasteiger partial charge < -0.3 is 4.90 Å². The van der Waals surface area contributed by atoms with Crippen LogP contribution in [0.25, 0.3) is 0 Å². The molecule has 0 aromatic heterocycles. The zero-order valence-corrected chi connectivity index (χ0v) is 12.5. The standard InChI is InChI=1S/C17H17NOS/c1-12(2)18-14-9-5-7-11-16(14)20(3)15-10-6-4-8-13(15)17(18)19/h4-12H,3H2,1-2H3. The van der Waals surface area contributed by atoms with Gasteiger partial charge in [-0.15, -0.1) is 10.5 Å². The van der Waals surface area contributed by atoms with Gasteiger partial charge in [-0.2, -0.15) is 0 Å². The summed E-state index contributed by atoms with van der Waals surface area (Å²) >= 11 is 0. The van der Waals surface area contributed by atoms with Crippen LogP contribution in [0.2, 0.25) is 0 Å². The van der Waals surface area contributed by atoms with Crippen LogP contribution < -0.4 is 4.90 Å². The fraction of sp³-hybridized carbons (Fsp3) is 0.176. The molecule has 2 nitrogen and oxygen atoms in total. The molecule has 2 aromatic rings. The van der Waals surface area contributed by atoms with Crippen LogP contribution in [0.1, 0.15) is 24.2 Å². The van der Waals surface area contributed by atoms with Crippen molar-refractivity contribution in [3.63, 3.8) is 0 Å². The molecule has 1 unspecified atom stereocenters. The molecule has 0 saturated heterocycles. The van der Waals surface area contributed by atoms with Crippen molar-refractivity contribution in [1.29, 1.82) is 0 Å². The molecule has 0 spiro atoms. The van der Waals surface area contributed by atoms with Crippen LogP contribution in [-0.4, -0.2) is 17.8 Å². The molecule has 1 aliphatic rings. The maximum Gasteiger partial charge on any atom is 0.259 e. The Morgan fingerprint density at radius 2 is 1.60 bits per heavy atom. The summed E-state index contributed by atoms with van der Waals surface area (Å²) < 4.78 is 0. The quantitative estimate of drug-likeness (QED) is 0.719. The zero-order chi connectivity index (χ0) is 14.3. The van der Waals surface area contributed by atoms with Crippen molar-refractivity contribution >= 4 is 27.9 Å². The van der Waals surface area contributed by atoms with E-state index in [4.69, 9.17) is 0 Å². The van der Waals surface area contributed by atoms with E-state index >= 15 is 0 Å². The highest BCUT2D eigenvalue weighted by atomic mass is 32.2. The van der Waals surface area contributed by atoms with Crippen LogP contribution in [0.5, 0.6) is 0 Å². The van der Waals surface area contributed by atoms with Crippen molar-refractivity contribution in [1.82, 2.24) is 0 Å². The summed E-state index contributed by atoms with van der Waals surface area (Å²) in [4.78, 5) is 16.9. The highest BCUT2D eigenvalue weighted by Gasteiger charge is 2.29. The van der Waals surface area contributed by atoms with Gasteiger partial charge in [-0.3, -0.25) is 4.79 Å². The first kappa shape index (κ1) is 13.1. The molecule has 0 radical (unpaired) electrons. The summed E-state index contributed by atoms with van der Waals surface area (Å²) in [6.07, 6.45) is 0. The lowest BCUT2D eigenvalue weighted by molar-refractivity contribution is 0.0977. The summed E-state index contributed by atoms with van der Waals surface area (Å²) in [5, 5.41) is 0. The fourth-order valence-electron chi connectivity index (χ4n) is 2.59. The van der Waals surface area contributed by atoms with E-state index in [0.717, 1.165) is 21.0 Å². The first-order chi connectivity index (χ1) is 9.61. The second kappa shape index (κ2) is 4.91. The third-order valence-corrected chi connectivity index (χ3v) is 5.27. The molecule has 1 heterocycles. The molecule has 0 fully saturated rings. The van der Waals surface area contributed by atoms with Gasteiger partial charge in [0.15, 0.2) is 0 Å². The van der Waals surface area contributed by atoms with Gasteiger partial charge in [0.25, 0.3) is 5.91 Å². The van der Waals surface area contributed by atoms with E-state index in [-0.39, 0.29) is 22.4 Å². The molecule has 2 aromatic carbocycles. The Hall–Kier alpha value is -1.87. The number of fused-ring (bicyclic) bond motifs is 2. The summed E-state index contributed by atoms with van der Waals surface area (Å²) in [5.41, 5.74) is 1.76. The molecule has 1 amide bonds. The molecule has 1 atom stereocenters. The zero-order valence-electron chi connectivity index (χ0n) is 11.7. The van der Waals surface area contributed by atoms with E-state index in [1.165, 1.54) is 0 Å². The third-order valence-electron chi connectivity index (χ3n) is 3.51. The first-order valence-corrected chi connectivity index (χ1v) is 8.06. The molecule has 0 saturated carbocycles. The normalized spacial score (nSPS) is 17.6. The van der Waals surface area contributed by atoms with E-state index in [1.54, 1.807) is 0 Å². The maximum atomic E-state index is 12.9. The molecule has 3 heteroatoms. The Morgan fingerprint density at radius 3 is 2.30 bits per heavy atom. The number of carbonyl (C=O) groups excluding carboxylic acids is 1. The molecule has 20 heavy (non-hydrogen) atoms. The average Bonchev–Trinajstić information content (AvgIpc) is 2.55. The predicted molar refractivity (Wildman–Crippen MR) is 86.1 cm³/mol. The molecule has 0 N–H and O–H groups in total. The van der Waals surface area contributed by atoms with Crippen LogP contribution in [0.3, 0.4) is 0 Å². The van der Waals surface area contributed by atoms with E-state index in [2.05, 4.69) is 11.9 Å². The molecule has 0 bridgehead atoms. The van der Waals surface area contributed by atoms with Gasteiger partial charge in [0.2, 0.25) is 0 Å². The summed E-state index contributed by atoms with van der Waals surface area (Å²) in [6.45, 7) is 4.09. The Kier molecular flexibility index (Phi) is 3.22. The van der Waals surface area contributed by atoms with E-state index in [0.29, 0.717) is 0 Å². The number of benzene rings is 2. The summed E-state index contributed by atoms with van der Waals surface area (Å²) in [5.74, 6) is 4.39. The number of anilines is 1. The minimum absolute atomic E-state index is 0.0710. The van der Waals surface area contributed by atoms with E-state index in [9.17, 15) is 4.79 Å². The van der Waals surface area contributed by atoms with Gasteiger partial charge in [-0.25, -0.2) is 0 Å². The minimum Gasteiger partial charge on any atom is -0.305 e. The molecule has 3 rings (SSSR count). The van der Waals surface area contributed by atoms with Gasteiger partial charge in [0, 0.05) is 15.8 Å². The van der Waals surface area contributed by atoms with Crippen LogP contribution in [-0.2, 0) is 0 Å². The fourth-order valence-corrected chi connectivity index (χ4v) is 4.16. The predicted octanol–water partition coefficient (Wildman–Crippen LogP) is 4.17. The summed E-state index contributed by atoms with van der Waals surface area (Å²) in [7, 11) is -0.328. The minimum atomic E-state index is -0.328. The maximum absolute atomic E-state index is 12.9. The Morgan fingerprint density at radius 1 is 1.00 bits per heavy atom. The lowest BCUT2D eigenvalue weighted by atomic mass is 10.1. The lowest BCUT2D eigenvalue weighted by Gasteiger charge is -2.27. The number of hydrogen-bond donors (Lipinski definition) is 0. The first-order valence-electron chi connectivity index (χ1n) is 6.67.